The number of likely N-dealkylation sites (tertiary alicyclic amines) is 2. The molecule has 4 heteroatoms. The average Bonchev–Trinajstić information content (AvgIpc) is 2.25. The van der Waals surface area contributed by atoms with E-state index in [1.165, 1.54) is 0 Å². The Kier molecular flexibility index (Phi) is 3.50. The van der Waals surface area contributed by atoms with Crippen LogP contribution in [-0.4, -0.2) is 59.1 Å². The Labute approximate surface area is 97.2 Å². The third-order valence-corrected chi connectivity index (χ3v) is 3.72. The van der Waals surface area contributed by atoms with Crippen LogP contribution in [0.4, 0.5) is 0 Å². The first-order valence-electron chi connectivity index (χ1n) is 6.29. The van der Waals surface area contributed by atoms with Gasteiger partial charge in [0.25, 0.3) is 0 Å². The minimum atomic E-state index is -0.533. The topological polar surface area (TPSA) is 43.8 Å². The first-order valence-corrected chi connectivity index (χ1v) is 6.29. The van der Waals surface area contributed by atoms with Crippen LogP contribution in [0.15, 0.2) is 0 Å². The highest BCUT2D eigenvalue weighted by Gasteiger charge is 2.27. The van der Waals surface area contributed by atoms with Crippen LogP contribution < -0.4 is 0 Å². The molecular formula is C12H22N2O2. The van der Waals surface area contributed by atoms with Gasteiger partial charge in [0, 0.05) is 19.6 Å². The standard InChI is InChI=1S/C12H22N2O2/c1-12(16)4-2-6-13(9-5-12)10-11(15)14-7-3-8-14/h16H,2-10H2,1H3. The van der Waals surface area contributed by atoms with Crippen LogP contribution in [0.1, 0.15) is 32.6 Å². The molecule has 1 N–H and O–H groups in total. The van der Waals surface area contributed by atoms with Gasteiger partial charge in [-0.1, -0.05) is 0 Å². The van der Waals surface area contributed by atoms with Gasteiger partial charge in [0.2, 0.25) is 5.91 Å². The molecular weight excluding hydrogens is 204 g/mol. The van der Waals surface area contributed by atoms with Crippen LogP contribution in [0.5, 0.6) is 0 Å². The minimum Gasteiger partial charge on any atom is -0.390 e. The predicted molar refractivity (Wildman–Crippen MR) is 62.1 cm³/mol. The maximum atomic E-state index is 11.8. The molecule has 0 aliphatic carbocycles. The molecule has 2 saturated heterocycles. The van der Waals surface area contributed by atoms with E-state index >= 15 is 0 Å². The highest BCUT2D eigenvalue weighted by atomic mass is 16.3. The first kappa shape index (κ1) is 11.9. The van der Waals surface area contributed by atoms with Crippen molar-refractivity contribution in [1.82, 2.24) is 9.80 Å². The van der Waals surface area contributed by atoms with E-state index in [9.17, 15) is 9.90 Å². The maximum absolute atomic E-state index is 11.8. The van der Waals surface area contributed by atoms with Gasteiger partial charge in [0.15, 0.2) is 0 Å². The molecule has 0 aromatic carbocycles. The summed E-state index contributed by atoms with van der Waals surface area (Å²) in [5, 5.41) is 9.95. The number of aliphatic hydroxyl groups is 1. The SMILES string of the molecule is CC1(O)CCCN(CC(=O)N2CCC2)CC1. The number of nitrogens with zero attached hydrogens (tertiary/aromatic N) is 2. The normalized spacial score (nSPS) is 32.0. The van der Waals surface area contributed by atoms with E-state index in [0.29, 0.717) is 6.54 Å². The zero-order valence-corrected chi connectivity index (χ0v) is 10.1. The molecule has 1 unspecified atom stereocenters. The van der Waals surface area contributed by atoms with Gasteiger partial charge in [0.05, 0.1) is 12.1 Å². The quantitative estimate of drug-likeness (QED) is 0.744. The van der Waals surface area contributed by atoms with Crippen LogP contribution in [0.2, 0.25) is 0 Å². The van der Waals surface area contributed by atoms with E-state index in [4.69, 9.17) is 0 Å². The van der Waals surface area contributed by atoms with Gasteiger partial charge in [0.1, 0.15) is 0 Å². The third-order valence-electron chi connectivity index (χ3n) is 3.72. The Morgan fingerprint density at radius 1 is 1.19 bits per heavy atom. The molecule has 2 heterocycles. The zero-order valence-electron chi connectivity index (χ0n) is 10.1. The summed E-state index contributed by atoms with van der Waals surface area (Å²) in [7, 11) is 0. The molecule has 4 nitrogen and oxygen atoms in total. The second-order valence-electron chi connectivity index (χ2n) is 5.36. The molecule has 16 heavy (non-hydrogen) atoms. The lowest BCUT2D eigenvalue weighted by Crippen LogP contribution is -2.47. The van der Waals surface area contributed by atoms with Crippen LogP contribution >= 0.6 is 0 Å². The second-order valence-corrected chi connectivity index (χ2v) is 5.36. The molecule has 2 aliphatic rings. The van der Waals surface area contributed by atoms with Crippen molar-refractivity contribution in [2.24, 2.45) is 0 Å². The van der Waals surface area contributed by atoms with Gasteiger partial charge in [-0.05, 0) is 39.2 Å². The van der Waals surface area contributed by atoms with Gasteiger partial charge in [-0.15, -0.1) is 0 Å². The molecule has 2 aliphatic heterocycles. The van der Waals surface area contributed by atoms with E-state index < -0.39 is 5.60 Å². The summed E-state index contributed by atoms with van der Waals surface area (Å²) in [5.41, 5.74) is -0.533. The number of carbonyl (C=O) groups excluding carboxylic acids is 1. The van der Waals surface area contributed by atoms with E-state index in [-0.39, 0.29) is 5.91 Å². The Bertz CT molecular complexity index is 262. The smallest absolute Gasteiger partial charge is 0.236 e. The number of rotatable bonds is 2. The average molecular weight is 226 g/mol. The van der Waals surface area contributed by atoms with Crippen molar-refractivity contribution in [2.75, 3.05) is 32.7 Å². The van der Waals surface area contributed by atoms with Crippen molar-refractivity contribution >= 4 is 5.91 Å². The molecule has 92 valence electrons. The number of amides is 1. The van der Waals surface area contributed by atoms with E-state index in [0.717, 1.165) is 51.9 Å². The molecule has 0 spiro atoms. The number of hydrogen-bond acceptors (Lipinski definition) is 3. The summed E-state index contributed by atoms with van der Waals surface area (Å²) < 4.78 is 0. The summed E-state index contributed by atoms with van der Waals surface area (Å²) in [5.74, 6) is 0.257. The van der Waals surface area contributed by atoms with Gasteiger partial charge in [-0.3, -0.25) is 9.69 Å². The van der Waals surface area contributed by atoms with E-state index in [1.807, 2.05) is 11.8 Å². The molecule has 2 fully saturated rings. The highest BCUT2D eigenvalue weighted by molar-refractivity contribution is 5.78. The van der Waals surface area contributed by atoms with Crippen molar-refractivity contribution in [1.29, 1.82) is 0 Å². The van der Waals surface area contributed by atoms with Crippen LogP contribution in [0, 0.1) is 0 Å². The Balaban J connectivity index is 1.79. The summed E-state index contributed by atoms with van der Waals surface area (Å²) in [6.45, 7) is 6.08. The predicted octanol–water partition coefficient (Wildman–Crippen LogP) is 0.456. The van der Waals surface area contributed by atoms with Crippen molar-refractivity contribution in [2.45, 2.75) is 38.2 Å². The summed E-state index contributed by atoms with van der Waals surface area (Å²) in [6, 6.07) is 0. The monoisotopic (exact) mass is 226 g/mol. The second kappa shape index (κ2) is 4.72. The van der Waals surface area contributed by atoms with Gasteiger partial charge >= 0.3 is 0 Å². The van der Waals surface area contributed by atoms with Crippen molar-refractivity contribution < 1.29 is 9.90 Å². The molecule has 0 bridgehead atoms. The fraction of sp³-hybridized carbons (Fsp3) is 0.917. The van der Waals surface area contributed by atoms with Gasteiger partial charge in [-0.25, -0.2) is 0 Å². The lowest BCUT2D eigenvalue weighted by atomic mass is 9.98. The lowest BCUT2D eigenvalue weighted by molar-refractivity contribution is -0.135. The fourth-order valence-electron chi connectivity index (χ4n) is 2.33. The number of hydrogen-bond donors (Lipinski definition) is 1. The largest absolute Gasteiger partial charge is 0.390 e. The minimum absolute atomic E-state index is 0.257. The third kappa shape index (κ3) is 2.95. The van der Waals surface area contributed by atoms with E-state index in [1.54, 1.807) is 0 Å². The molecule has 1 atom stereocenters. The molecule has 2 rings (SSSR count). The van der Waals surface area contributed by atoms with Gasteiger partial charge in [-0.2, -0.15) is 0 Å². The number of carbonyl (C=O) groups is 1. The molecule has 0 aromatic heterocycles. The molecule has 0 radical (unpaired) electrons. The van der Waals surface area contributed by atoms with Crippen LogP contribution in [0.3, 0.4) is 0 Å². The highest BCUT2D eigenvalue weighted by Crippen LogP contribution is 2.21. The first-order chi connectivity index (χ1) is 7.57. The summed E-state index contributed by atoms with van der Waals surface area (Å²) in [6.07, 6.45) is 3.77. The Hall–Kier alpha value is -0.610. The van der Waals surface area contributed by atoms with Crippen molar-refractivity contribution in [3.63, 3.8) is 0 Å². The molecule has 0 aromatic rings. The molecule has 1 amide bonds. The van der Waals surface area contributed by atoms with Crippen LogP contribution in [0.25, 0.3) is 0 Å². The van der Waals surface area contributed by atoms with Crippen LogP contribution in [-0.2, 0) is 4.79 Å². The van der Waals surface area contributed by atoms with Crippen molar-refractivity contribution in [3.8, 4) is 0 Å². The van der Waals surface area contributed by atoms with E-state index in [2.05, 4.69) is 4.90 Å². The van der Waals surface area contributed by atoms with Gasteiger partial charge < -0.3 is 10.0 Å². The summed E-state index contributed by atoms with van der Waals surface area (Å²) >= 11 is 0. The maximum Gasteiger partial charge on any atom is 0.236 e. The van der Waals surface area contributed by atoms with Crippen molar-refractivity contribution in [3.05, 3.63) is 0 Å². The summed E-state index contributed by atoms with van der Waals surface area (Å²) in [4.78, 5) is 15.9. The fourth-order valence-corrected chi connectivity index (χ4v) is 2.33. The zero-order chi connectivity index (χ0) is 11.6. The Morgan fingerprint density at radius 3 is 2.56 bits per heavy atom. The Morgan fingerprint density at radius 2 is 1.94 bits per heavy atom. The molecule has 0 saturated carbocycles. The lowest BCUT2D eigenvalue weighted by Gasteiger charge is -2.33.